The number of halogens is 6. The van der Waals surface area contributed by atoms with E-state index in [1.807, 2.05) is 0 Å². The molecule has 0 aliphatic heterocycles. The third kappa shape index (κ3) is 3.21. The Balaban J connectivity index is 2.60. The van der Waals surface area contributed by atoms with Crippen LogP contribution in [0.2, 0.25) is 0 Å². The Kier molecular flexibility index (Phi) is 3.83. The van der Waals surface area contributed by atoms with Crippen LogP contribution in [0.3, 0.4) is 0 Å². The molecule has 0 amide bonds. The molecule has 114 valence electrons. The molecule has 0 saturated heterocycles. The number of hydrogen-bond donors (Lipinski definition) is 0. The summed E-state index contributed by atoms with van der Waals surface area (Å²) in [6.07, 6.45) is -7.94. The van der Waals surface area contributed by atoms with Crippen LogP contribution in [0.4, 0.5) is 26.3 Å². The first-order chi connectivity index (χ1) is 9.48. The molecule has 1 unspecified atom stereocenters. The van der Waals surface area contributed by atoms with Crippen LogP contribution in [-0.4, -0.2) is 7.85 Å². The fourth-order valence-electron chi connectivity index (χ4n) is 2.55. The summed E-state index contributed by atoms with van der Waals surface area (Å²) in [5.41, 5.74) is -2.71. The van der Waals surface area contributed by atoms with Crippen LogP contribution >= 0.6 is 0 Å². The van der Waals surface area contributed by atoms with E-state index in [4.69, 9.17) is 7.85 Å². The first kappa shape index (κ1) is 16.2. The van der Waals surface area contributed by atoms with Crippen molar-refractivity contribution in [2.45, 2.75) is 43.9 Å². The van der Waals surface area contributed by atoms with E-state index in [1.54, 1.807) is 6.92 Å². The number of rotatable bonds is 3. The van der Waals surface area contributed by atoms with Crippen molar-refractivity contribution in [2.75, 3.05) is 0 Å². The largest absolute Gasteiger partial charge is 0.416 e. The minimum atomic E-state index is -4.84. The zero-order valence-corrected chi connectivity index (χ0v) is 11.3. The molecular weight excluding hydrogens is 293 g/mol. The minimum absolute atomic E-state index is 0.0629. The highest BCUT2D eigenvalue weighted by Gasteiger charge is 2.44. The minimum Gasteiger partial charge on any atom is -0.166 e. The van der Waals surface area contributed by atoms with Gasteiger partial charge in [0.1, 0.15) is 0 Å². The lowest BCUT2D eigenvalue weighted by atomic mass is 9.59. The van der Waals surface area contributed by atoms with Crippen molar-refractivity contribution in [1.82, 2.24) is 0 Å². The van der Waals surface area contributed by atoms with Gasteiger partial charge in [0.2, 0.25) is 0 Å². The lowest BCUT2D eigenvalue weighted by Gasteiger charge is -2.31. The monoisotopic (exact) mass is 306 g/mol. The molecule has 1 aliphatic carbocycles. The van der Waals surface area contributed by atoms with Gasteiger partial charge in [0, 0.05) is 0 Å². The normalized spacial score (nSPS) is 19.4. The van der Waals surface area contributed by atoms with Crippen LogP contribution in [0.5, 0.6) is 0 Å². The summed E-state index contributed by atoms with van der Waals surface area (Å²) in [6, 6.07) is 1.63. The highest BCUT2D eigenvalue weighted by atomic mass is 19.4. The van der Waals surface area contributed by atoms with Gasteiger partial charge in [-0.2, -0.15) is 26.3 Å². The zero-order valence-electron chi connectivity index (χ0n) is 11.3. The Morgan fingerprint density at radius 1 is 0.905 bits per heavy atom. The lowest BCUT2D eigenvalue weighted by Crippen LogP contribution is -2.29. The van der Waals surface area contributed by atoms with Crippen molar-refractivity contribution in [3.8, 4) is 0 Å². The van der Waals surface area contributed by atoms with Gasteiger partial charge in [-0.3, -0.25) is 0 Å². The Morgan fingerprint density at radius 2 is 1.29 bits per heavy atom. The third-order valence-electron chi connectivity index (χ3n) is 4.02. The van der Waals surface area contributed by atoms with Crippen molar-refractivity contribution in [1.29, 1.82) is 0 Å². The van der Waals surface area contributed by atoms with E-state index in [1.165, 1.54) is 0 Å². The number of hydrogen-bond acceptors (Lipinski definition) is 0. The number of alkyl halides is 6. The second-order valence-corrected chi connectivity index (χ2v) is 5.46. The lowest BCUT2D eigenvalue weighted by molar-refractivity contribution is -0.143. The molecule has 1 aliphatic rings. The van der Waals surface area contributed by atoms with Crippen molar-refractivity contribution in [3.05, 3.63) is 34.9 Å². The maximum absolute atomic E-state index is 12.8. The summed E-state index contributed by atoms with van der Waals surface area (Å²) in [5.74, 6) is -0.0629. The molecule has 0 N–H and O–H groups in total. The smallest absolute Gasteiger partial charge is 0.166 e. The van der Waals surface area contributed by atoms with Gasteiger partial charge < -0.3 is 0 Å². The molecule has 0 aromatic heterocycles. The van der Waals surface area contributed by atoms with Crippen molar-refractivity contribution >= 4 is 7.85 Å². The Morgan fingerprint density at radius 3 is 1.57 bits per heavy atom. The van der Waals surface area contributed by atoms with Gasteiger partial charge in [-0.05, 0) is 35.0 Å². The predicted octanol–water partition coefficient (Wildman–Crippen LogP) is 4.91. The Hall–Kier alpha value is -1.14. The summed E-state index contributed by atoms with van der Waals surface area (Å²) in [7, 11) is 6.11. The van der Waals surface area contributed by atoms with E-state index in [2.05, 4.69) is 0 Å². The summed E-state index contributed by atoms with van der Waals surface area (Å²) in [6.45, 7) is 1.67. The van der Waals surface area contributed by atoms with Crippen LogP contribution in [0, 0.1) is 5.92 Å². The Bertz CT molecular complexity index is 497. The summed E-state index contributed by atoms with van der Waals surface area (Å²) in [4.78, 5) is 0. The fraction of sp³-hybridized carbons (Fsp3) is 0.571. The molecule has 1 atom stereocenters. The molecule has 7 heteroatoms. The first-order valence-electron chi connectivity index (χ1n) is 6.57. The van der Waals surface area contributed by atoms with E-state index in [0.29, 0.717) is 0 Å². The van der Waals surface area contributed by atoms with Crippen LogP contribution in [-0.2, 0) is 17.7 Å². The van der Waals surface area contributed by atoms with E-state index < -0.39 is 28.8 Å². The van der Waals surface area contributed by atoms with Gasteiger partial charge >= 0.3 is 12.4 Å². The fourth-order valence-corrected chi connectivity index (χ4v) is 2.55. The van der Waals surface area contributed by atoms with E-state index >= 15 is 0 Å². The zero-order chi connectivity index (χ0) is 16.1. The first-order valence-corrected chi connectivity index (χ1v) is 6.57. The molecule has 2 radical (unpaired) electrons. The highest BCUT2D eigenvalue weighted by Crippen LogP contribution is 2.49. The van der Waals surface area contributed by atoms with E-state index in [0.717, 1.165) is 25.0 Å². The van der Waals surface area contributed by atoms with E-state index in [9.17, 15) is 26.3 Å². The topological polar surface area (TPSA) is 0 Å². The van der Waals surface area contributed by atoms with Crippen molar-refractivity contribution < 1.29 is 26.3 Å². The maximum atomic E-state index is 12.8. The molecule has 1 saturated carbocycles. The van der Waals surface area contributed by atoms with Crippen molar-refractivity contribution in [2.24, 2.45) is 5.92 Å². The van der Waals surface area contributed by atoms with Gasteiger partial charge in [0.15, 0.2) is 0 Å². The molecule has 1 aromatic carbocycles. The highest BCUT2D eigenvalue weighted by molar-refractivity contribution is 6.16. The van der Waals surface area contributed by atoms with Gasteiger partial charge in [-0.15, -0.1) is 0 Å². The third-order valence-corrected chi connectivity index (χ3v) is 4.02. The predicted molar refractivity (Wildman–Crippen MR) is 66.9 cm³/mol. The second-order valence-electron chi connectivity index (χ2n) is 5.46. The van der Waals surface area contributed by atoms with E-state index in [-0.39, 0.29) is 24.0 Å². The van der Waals surface area contributed by atoms with Gasteiger partial charge in [-0.1, -0.05) is 26.2 Å². The van der Waals surface area contributed by atoms with Gasteiger partial charge in [0.05, 0.1) is 19.0 Å². The van der Waals surface area contributed by atoms with Crippen LogP contribution in [0.25, 0.3) is 0 Å². The average molecular weight is 306 g/mol. The molecule has 0 nitrogen and oxygen atoms in total. The molecule has 1 aromatic rings. The van der Waals surface area contributed by atoms with Gasteiger partial charge in [-0.25, -0.2) is 0 Å². The molecule has 0 bridgehead atoms. The summed E-state index contributed by atoms with van der Waals surface area (Å²) >= 11 is 0. The molecule has 0 heterocycles. The molecule has 21 heavy (non-hydrogen) atoms. The van der Waals surface area contributed by atoms with Gasteiger partial charge in [0.25, 0.3) is 0 Å². The maximum Gasteiger partial charge on any atom is 0.416 e. The second kappa shape index (κ2) is 4.95. The SMILES string of the molecule is [B]C(CC)(c1cc(C(F)(F)F)cc(C(F)(F)F)c1)C1CC1. The molecule has 2 rings (SSSR count). The average Bonchev–Trinajstić information content (AvgIpc) is 3.19. The summed E-state index contributed by atoms with van der Waals surface area (Å²) < 4.78 is 77.0. The quantitative estimate of drug-likeness (QED) is 0.550. The van der Waals surface area contributed by atoms with Crippen LogP contribution in [0.15, 0.2) is 18.2 Å². The standard InChI is InChI=1S/C14H13BF6/c1-2-12(15,8-3-4-8)9-5-10(13(16,17)18)7-11(6-9)14(19,20)21/h5-8H,2-4H2,1H3. The van der Waals surface area contributed by atoms with Crippen LogP contribution in [0.1, 0.15) is 42.9 Å². The molecule has 1 fully saturated rings. The van der Waals surface area contributed by atoms with Crippen molar-refractivity contribution in [3.63, 3.8) is 0 Å². The Labute approximate surface area is 119 Å². The van der Waals surface area contributed by atoms with Crippen LogP contribution < -0.4 is 0 Å². The number of benzene rings is 1. The summed E-state index contributed by atoms with van der Waals surface area (Å²) in [5, 5.41) is -1.14. The molecule has 0 spiro atoms. The molecular formula is C14H13BF6.